The Hall–Kier alpha value is -2.15. The van der Waals surface area contributed by atoms with Gasteiger partial charge in [0.1, 0.15) is 5.52 Å². The smallest absolute Gasteiger partial charge is 0.295 e. The topological polar surface area (TPSA) is 107 Å². The molecule has 0 fully saturated rings. The molecule has 96 valence electrons. The highest BCUT2D eigenvalue weighted by molar-refractivity contribution is 5.77. The van der Waals surface area contributed by atoms with Crippen molar-refractivity contribution in [2.75, 3.05) is 11.9 Å². The maximum Gasteiger partial charge on any atom is 0.295 e. The second-order valence-corrected chi connectivity index (χ2v) is 3.91. The van der Waals surface area contributed by atoms with Crippen LogP contribution in [0.3, 0.4) is 0 Å². The van der Waals surface area contributed by atoms with Crippen molar-refractivity contribution in [2.45, 2.75) is 19.4 Å². The van der Waals surface area contributed by atoms with Gasteiger partial charge < -0.3 is 15.5 Å². The molecule has 0 aliphatic carbocycles. The molecular formula is C11H14N4O3. The van der Waals surface area contributed by atoms with Gasteiger partial charge in [0.2, 0.25) is 0 Å². The third kappa shape index (κ3) is 2.40. The summed E-state index contributed by atoms with van der Waals surface area (Å²) in [6.45, 7) is 2.47. The summed E-state index contributed by atoms with van der Waals surface area (Å²) in [5.41, 5.74) is 6.52. The zero-order valence-corrected chi connectivity index (χ0v) is 9.92. The summed E-state index contributed by atoms with van der Waals surface area (Å²) in [5.74, 6) is 0. The number of rotatable bonds is 5. The van der Waals surface area contributed by atoms with Crippen LogP contribution in [0.4, 0.5) is 11.7 Å². The van der Waals surface area contributed by atoms with Crippen LogP contribution in [0.25, 0.3) is 11.1 Å². The fraction of sp³-hybridized carbons (Fsp3) is 0.364. The van der Waals surface area contributed by atoms with Crippen LogP contribution < -0.4 is 11.1 Å². The Balaban J connectivity index is 2.29. The minimum absolute atomic E-state index is 0.0175. The highest BCUT2D eigenvalue weighted by atomic mass is 16.6. The molecule has 0 radical (unpaired) electrons. The molecule has 0 spiro atoms. The number of non-ortho nitro benzene ring substituents is 1. The lowest BCUT2D eigenvalue weighted by molar-refractivity contribution is -0.384. The van der Waals surface area contributed by atoms with Gasteiger partial charge in [-0.3, -0.25) is 10.1 Å². The fourth-order valence-electron chi connectivity index (χ4n) is 1.59. The summed E-state index contributed by atoms with van der Waals surface area (Å²) in [7, 11) is 0. The van der Waals surface area contributed by atoms with Gasteiger partial charge in [0.15, 0.2) is 5.58 Å². The number of nitrogens with two attached hydrogens (primary N) is 1. The molecule has 0 bridgehead atoms. The van der Waals surface area contributed by atoms with Crippen LogP contribution in [0.1, 0.15) is 13.3 Å². The van der Waals surface area contributed by atoms with Gasteiger partial charge in [-0.2, -0.15) is 4.98 Å². The van der Waals surface area contributed by atoms with Gasteiger partial charge >= 0.3 is 0 Å². The standard InChI is InChI=1S/C11H14N4O3/c1-2-7(6-12)13-11-14-9-4-3-8(15(16)17)5-10(9)18-11/h3-5,7H,2,6,12H2,1H3,(H,13,14). The molecule has 2 aromatic rings. The minimum Gasteiger partial charge on any atom is -0.423 e. The molecule has 7 nitrogen and oxygen atoms in total. The minimum atomic E-state index is -0.468. The van der Waals surface area contributed by atoms with Gasteiger partial charge in [-0.05, 0) is 12.5 Å². The first-order valence-corrected chi connectivity index (χ1v) is 5.65. The van der Waals surface area contributed by atoms with E-state index >= 15 is 0 Å². The van der Waals surface area contributed by atoms with Crippen LogP contribution in [-0.4, -0.2) is 22.5 Å². The van der Waals surface area contributed by atoms with E-state index in [2.05, 4.69) is 10.3 Å². The first-order chi connectivity index (χ1) is 8.63. The van der Waals surface area contributed by atoms with Crippen LogP contribution in [0.2, 0.25) is 0 Å². The molecular weight excluding hydrogens is 236 g/mol. The van der Waals surface area contributed by atoms with Crippen LogP contribution >= 0.6 is 0 Å². The summed E-state index contributed by atoms with van der Waals surface area (Å²) in [5, 5.41) is 13.7. The first-order valence-electron chi connectivity index (χ1n) is 5.65. The fourth-order valence-corrected chi connectivity index (χ4v) is 1.59. The van der Waals surface area contributed by atoms with Crippen molar-refractivity contribution >= 4 is 22.8 Å². The lowest BCUT2D eigenvalue weighted by Crippen LogP contribution is -2.27. The Bertz CT molecular complexity index is 562. The average Bonchev–Trinajstić information content (AvgIpc) is 2.76. The molecule has 0 saturated heterocycles. The van der Waals surface area contributed by atoms with Crippen molar-refractivity contribution < 1.29 is 9.34 Å². The number of nitrogens with one attached hydrogen (secondary N) is 1. The van der Waals surface area contributed by atoms with E-state index in [-0.39, 0.29) is 11.7 Å². The Morgan fingerprint density at radius 1 is 1.61 bits per heavy atom. The van der Waals surface area contributed by atoms with Crippen molar-refractivity contribution in [1.29, 1.82) is 0 Å². The number of nitrogens with zero attached hydrogens (tertiary/aromatic N) is 2. The Labute approximate surface area is 103 Å². The van der Waals surface area contributed by atoms with Crippen molar-refractivity contribution in [3.63, 3.8) is 0 Å². The number of hydrogen-bond acceptors (Lipinski definition) is 6. The van der Waals surface area contributed by atoms with Crippen LogP contribution in [0.15, 0.2) is 22.6 Å². The van der Waals surface area contributed by atoms with E-state index in [4.69, 9.17) is 10.2 Å². The monoisotopic (exact) mass is 250 g/mol. The molecule has 0 aliphatic rings. The number of hydrogen-bond donors (Lipinski definition) is 2. The van der Waals surface area contributed by atoms with Crippen LogP contribution in [0, 0.1) is 10.1 Å². The Kier molecular flexibility index (Phi) is 3.42. The molecule has 2 rings (SSSR count). The molecule has 18 heavy (non-hydrogen) atoms. The molecule has 1 atom stereocenters. The number of nitro benzene ring substituents is 1. The van der Waals surface area contributed by atoms with Crippen LogP contribution in [-0.2, 0) is 0 Å². The van der Waals surface area contributed by atoms with Gasteiger partial charge in [-0.25, -0.2) is 0 Å². The molecule has 0 amide bonds. The summed E-state index contributed by atoms with van der Waals surface area (Å²) < 4.78 is 5.41. The van der Waals surface area contributed by atoms with E-state index in [1.165, 1.54) is 12.1 Å². The normalized spacial score (nSPS) is 12.6. The molecule has 1 unspecified atom stereocenters. The van der Waals surface area contributed by atoms with Crippen molar-refractivity contribution in [1.82, 2.24) is 4.98 Å². The van der Waals surface area contributed by atoms with E-state index in [0.717, 1.165) is 6.42 Å². The summed E-state index contributed by atoms with van der Waals surface area (Å²) in [6, 6.07) is 4.73. The zero-order chi connectivity index (χ0) is 13.1. The van der Waals surface area contributed by atoms with Crippen molar-refractivity contribution in [3.05, 3.63) is 28.3 Å². The summed E-state index contributed by atoms with van der Waals surface area (Å²) >= 11 is 0. The number of fused-ring (bicyclic) bond motifs is 1. The quantitative estimate of drug-likeness (QED) is 0.619. The number of nitro groups is 1. The average molecular weight is 250 g/mol. The molecule has 1 aromatic heterocycles. The number of oxazole rings is 1. The third-order valence-electron chi connectivity index (χ3n) is 2.69. The highest BCUT2D eigenvalue weighted by Gasteiger charge is 2.13. The SMILES string of the molecule is CCC(CN)Nc1nc2ccc([N+](=O)[O-])cc2o1. The van der Waals surface area contributed by atoms with Gasteiger partial charge in [0.05, 0.1) is 11.0 Å². The predicted molar refractivity (Wildman–Crippen MR) is 67.4 cm³/mol. The second kappa shape index (κ2) is 5.01. The first kappa shape index (κ1) is 12.3. The van der Waals surface area contributed by atoms with E-state index < -0.39 is 4.92 Å². The predicted octanol–water partition coefficient (Wildman–Crippen LogP) is 1.89. The van der Waals surface area contributed by atoms with Crippen LogP contribution in [0.5, 0.6) is 0 Å². The summed E-state index contributed by atoms with van der Waals surface area (Å²) in [6.07, 6.45) is 0.843. The second-order valence-electron chi connectivity index (χ2n) is 3.91. The van der Waals surface area contributed by atoms with Gasteiger partial charge in [0.25, 0.3) is 11.7 Å². The molecule has 1 heterocycles. The zero-order valence-electron chi connectivity index (χ0n) is 9.92. The lowest BCUT2D eigenvalue weighted by atomic mass is 10.2. The van der Waals surface area contributed by atoms with Gasteiger partial charge in [-0.15, -0.1) is 0 Å². The van der Waals surface area contributed by atoms with Crippen molar-refractivity contribution in [3.8, 4) is 0 Å². The molecule has 3 N–H and O–H groups in total. The maximum absolute atomic E-state index is 10.6. The van der Waals surface area contributed by atoms with Gasteiger partial charge in [0, 0.05) is 18.7 Å². The number of anilines is 1. The highest BCUT2D eigenvalue weighted by Crippen LogP contribution is 2.23. The largest absolute Gasteiger partial charge is 0.423 e. The summed E-state index contributed by atoms with van der Waals surface area (Å²) in [4.78, 5) is 14.4. The molecule has 0 saturated carbocycles. The van der Waals surface area contributed by atoms with E-state index in [1.54, 1.807) is 6.07 Å². The maximum atomic E-state index is 10.6. The number of aromatic nitrogens is 1. The van der Waals surface area contributed by atoms with E-state index in [0.29, 0.717) is 23.7 Å². The Morgan fingerprint density at radius 2 is 2.39 bits per heavy atom. The van der Waals surface area contributed by atoms with Gasteiger partial charge in [-0.1, -0.05) is 6.92 Å². The van der Waals surface area contributed by atoms with E-state index in [1.807, 2.05) is 6.92 Å². The molecule has 7 heteroatoms. The molecule has 0 aliphatic heterocycles. The third-order valence-corrected chi connectivity index (χ3v) is 2.69. The van der Waals surface area contributed by atoms with Crippen molar-refractivity contribution in [2.24, 2.45) is 5.73 Å². The molecule has 1 aromatic carbocycles. The lowest BCUT2D eigenvalue weighted by Gasteiger charge is -2.11. The Morgan fingerprint density at radius 3 is 3.00 bits per heavy atom. The van der Waals surface area contributed by atoms with E-state index in [9.17, 15) is 10.1 Å². The number of benzene rings is 1.